The van der Waals surface area contributed by atoms with Crippen molar-refractivity contribution >= 4 is 28.2 Å². The summed E-state index contributed by atoms with van der Waals surface area (Å²) in [6, 6.07) is 9.87. The molecular formula is C31H27ClF4N8O2. The summed E-state index contributed by atoms with van der Waals surface area (Å²) in [5, 5.41) is 7.16. The zero-order valence-corrected chi connectivity index (χ0v) is 25.0. The van der Waals surface area contributed by atoms with Crippen LogP contribution in [-0.2, 0) is 30.6 Å². The Labute approximate surface area is 265 Å². The van der Waals surface area contributed by atoms with Crippen LogP contribution in [0.4, 0.5) is 17.6 Å². The van der Waals surface area contributed by atoms with Crippen molar-refractivity contribution < 1.29 is 27.0 Å². The van der Waals surface area contributed by atoms with Gasteiger partial charge in [-0.1, -0.05) is 23.7 Å². The van der Waals surface area contributed by atoms with Gasteiger partial charge in [0.15, 0.2) is 5.82 Å². The highest BCUT2D eigenvalue weighted by atomic mass is 35.5. The highest BCUT2D eigenvalue weighted by molar-refractivity contribution is 6.30. The van der Waals surface area contributed by atoms with Crippen LogP contribution in [0.2, 0.25) is 5.02 Å². The predicted octanol–water partition coefficient (Wildman–Crippen LogP) is 6.08. The molecule has 7 rings (SSSR count). The van der Waals surface area contributed by atoms with Crippen LogP contribution in [-0.4, -0.2) is 65.4 Å². The quantitative estimate of drug-likeness (QED) is 0.191. The summed E-state index contributed by atoms with van der Waals surface area (Å²) in [7, 11) is 0. The number of alkyl halides is 3. The third-order valence-electron chi connectivity index (χ3n) is 8.05. The zero-order chi connectivity index (χ0) is 31.8. The number of rotatable bonds is 9. The Balaban J connectivity index is 1.09. The number of hydrogen-bond acceptors (Lipinski definition) is 8. The Morgan fingerprint density at radius 3 is 2.72 bits per heavy atom. The van der Waals surface area contributed by atoms with E-state index in [0.717, 1.165) is 41.9 Å². The fourth-order valence-electron chi connectivity index (χ4n) is 5.50. The van der Waals surface area contributed by atoms with Crippen LogP contribution >= 0.6 is 11.6 Å². The Kier molecular flexibility index (Phi) is 8.17. The molecule has 10 nitrogen and oxygen atoms in total. The maximum absolute atomic E-state index is 14.3. The Bertz CT molecular complexity index is 1920. The highest BCUT2D eigenvalue weighted by Gasteiger charge is 2.35. The molecule has 238 valence electrons. The lowest BCUT2D eigenvalue weighted by atomic mass is 10.0. The number of imidazole rings is 1. The minimum atomic E-state index is -4.64. The number of halogens is 5. The van der Waals surface area contributed by atoms with E-state index in [0.29, 0.717) is 48.2 Å². The molecule has 6 heterocycles. The van der Waals surface area contributed by atoms with Gasteiger partial charge in [0.1, 0.15) is 23.9 Å². The summed E-state index contributed by atoms with van der Waals surface area (Å²) in [6.45, 7) is 3.22. The summed E-state index contributed by atoms with van der Waals surface area (Å²) >= 11 is 5.87. The molecule has 1 atom stereocenters. The van der Waals surface area contributed by atoms with Crippen LogP contribution in [0.15, 0.2) is 54.9 Å². The van der Waals surface area contributed by atoms with Crippen LogP contribution in [0.1, 0.15) is 35.6 Å². The van der Waals surface area contributed by atoms with Gasteiger partial charge in [-0.25, -0.2) is 14.4 Å². The monoisotopic (exact) mass is 654 g/mol. The second-order valence-corrected chi connectivity index (χ2v) is 11.5. The van der Waals surface area contributed by atoms with Gasteiger partial charge in [-0.15, -0.1) is 10.2 Å². The van der Waals surface area contributed by atoms with Crippen LogP contribution in [0.3, 0.4) is 0 Å². The first-order chi connectivity index (χ1) is 22.2. The number of ether oxygens (including phenoxy) is 2. The number of fused-ring (bicyclic) bond motifs is 1. The maximum Gasteiger partial charge on any atom is 0.451 e. The minimum absolute atomic E-state index is 0.0177. The molecule has 2 aliphatic heterocycles. The van der Waals surface area contributed by atoms with Gasteiger partial charge in [0.25, 0.3) is 0 Å². The largest absolute Gasteiger partial charge is 0.472 e. The van der Waals surface area contributed by atoms with Crippen LogP contribution < -0.4 is 4.74 Å². The topological polar surface area (TPSA) is 107 Å². The van der Waals surface area contributed by atoms with Gasteiger partial charge in [-0.2, -0.15) is 13.2 Å². The van der Waals surface area contributed by atoms with E-state index in [2.05, 4.69) is 40.7 Å². The number of nitrogens with zero attached hydrogens (tertiary/aromatic N) is 7. The fourth-order valence-corrected chi connectivity index (χ4v) is 5.66. The van der Waals surface area contributed by atoms with Crippen molar-refractivity contribution in [2.45, 2.75) is 44.8 Å². The molecule has 15 heteroatoms. The molecule has 0 aliphatic carbocycles. The molecule has 46 heavy (non-hydrogen) atoms. The van der Waals surface area contributed by atoms with Crippen LogP contribution in [0.5, 0.6) is 5.88 Å². The van der Waals surface area contributed by atoms with E-state index in [-0.39, 0.29) is 24.2 Å². The number of nitrogens with one attached hydrogen (secondary N) is 1. The Hall–Kier alpha value is -4.40. The van der Waals surface area contributed by atoms with Gasteiger partial charge in [-0.3, -0.25) is 9.88 Å². The molecule has 1 saturated heterocycles. The van der Waals surface area contributed by atoms with E-state index < -0.39 is 17.8 Å². The Morgan fingerprint density at radius 2 is 2.00 bits per heavy atom. The second kappa shape index (κ2) is 12.4. The van der Waals surface area contributed by atoms with Crippen molar-refractivity contribution in [1.82, 2.24) is 39.6 Å². The van der Waals surface area contributed by atoms with Crippen molar-refractivity contribution in [1.29, 1.82) is 0 Å². The number of aromatic nitrogens is 7. The van der Waals surface area contributed by atoms with Crippen molar-refractivity contribution in [2.75, 3.05) is 19.7 Å². The standard InChI is InChI=1S/C31H27ClF4N8O2/c32-20-4-3-19(23(33)12-20)17-46-29-22(2-1-8-37-29)18-5-9-43(10-6-18)16-27-39-24-13-25(28-40-30(42-41-28)31(34,35)36)38-14-26(24)44(27)15-21-7-11-45-21/h1-5,8,12-14,21H,6-7,9-11,15-17H2,(H,40,41,42). The SMILES string of the molecule is Fc1cc(Cl)ccc1COc1ncccc1C1=CCN(Cc2nc3cc(-c4nnc(C(F)(F)F)[nH]4)ncc3n2CC2CCO2)CC1. The van der Waals surface area contributed by atoms with E-state index in [1.54, 1.807) is 30.6 Å². The molecule has 1 N–H and O–H groups in total. The summed E-state index contributed by atoms with van der Waals surface area (Å²) in [5.41, 5.74) is 3.87. The molecule has 1 aromatic carbocycles. The van der Waals surface area contributed by atoms with Crippen molar-refractivity contribution in [3.05, 3.63) is 88.5 Å². The molecule has 2 aliphatic rings. The minimum Gasteiger partial charge on any atom is -0.472 e. The second-order valence-electron chi connectivity index (χ2n) is 11.1. The fraction of sp³-hybridized carbons (Fsp3) is 0.323. The molecule has 4 aromatic heterocycles. The predicted molar refractivity (Wildman–Crippen MR) is 160 cm³/mol. The average Bonchev–Trinajstić information content (AvgIpc) is 3.64. The van der Waals surface area contributed by atoms with Crippen molar-refractivity contribution in [3.63, 3.8) is 0 Å². The first-order valence-corrected chi connectivity index (χ1v) is 15.0. The van der Waals surface area contributed by atoms with Crippen LogP contribution in [0.25, 0.3) is 28.1 Å². The van der Waals surface area contributed by atoms with Gasteiger partial charge in [0.2, 0.25) is 11.7 Å². The van der Waals surface area contributed by atoms with E-state index in [9.17, 15) is 17.6 Å². The van der Waals surface area contributed by atoms with Gasteiger partial charge in [-0.05, 0) is 48.7 Å². The third-order valence-corrected chi connectivity index (χ3v) is 8.28. The van der Waals surface area contributed by atoms with E-state index in [1.165, 1.54) is 6.07 Å². The average molecular weight is 655 g/mol. The lowest BCUT2D eigenvalue weighted by Crippen LogP contribution is -2.33. The first-order valence-electron chi connectivity index (χ1n) is 14.6. The lowest BCUT2D eigenvalue weighted by molar-refractivity contribution is -0.144. The van der Waals surface area contributed by atoms with E-state index in [4.69, 9.17) is 26.1 Å². The number of benzene rings is 1. The van der Waals surface area contributed by atoms with Gasteiger partial charge in [0.05, 0.1) is 36.4 Å². The van der Waals surface area contributed by atoms with E-state index in [1.807, 2.05) is 12.1 Å². The molecule has 0 bridgehead atoms. The maximum atomic E-state index is 14.3. The molecule has 0 spiro atoms. The molecule has 0 amide bonds. The van der Waals surface area contributed by atoms with Crippen LogP contribution in [0, 0.1) is 5.82 Å². The van der Waals surface area contributed by atoms with Gasteiger partial charge < -0.3 is 19.0 Å². The van der Waals surface area contributed by atoms with Crippen molar-refractivity contribution in [3.8, 4) is 17.4 Å². The highest BCUT2D eigenvalue weighted by Crippen LogP contribution is 2.31. The molecular weight excluding hydrogens is 628 g/mol. The normalized spacial score (nSPS) is 17.2. The molecule has 5 aromatic rings. The lowest BCUT2D eigenvalue weighted by Gasteiger charge is -2.29. The number of aromatic amines is 1. The van der Waals surface area contributed by atoms with E-state index >= 15 is 0 Å². The molecule has 1 fully saturated rings. The smallest absolute Gasteiger partial charge is 0.451 e. The summed E-state index contributed by atoms with van der Waals surface area (Å²) in [4.78, 5) is 18.1. The molecule has 1 unspecified atom stereocenters. The van der Waals surface area contributed by atoms with Gasteiger partial charge in [0, 0.05) is 42.0 Å². The number of pyridine rings is 2. The van der Waals surface area contributed by atoms with Gasteiger partial charge >= 0.3 is 6.18 Å². The van der Waals surface area contributed by atoms with Crippen molar-refractivity contribution in [2.24, 2.45) is 0 Å². The molecule has 0 saturated carbocycles. The zero-order valence-electron chi connectivity index (χ0n) is 24.3. The summed E-state index contributed by atoms with van der Waals surface area (Å²) < 4.78 is 67.2. The first kappa shape index (κ1) is 30.3. The summed E-state index contributed by atoms with van der Waals surface area (Å²) in [5.74, 6) is -0.483. The molecule has 0 radical (unpaired) electrons. The Morgan fingerprint density at radius 1 is 1.13 bits per heavy atom. The number of H-pyrrole nitrogens is 1. The summed E-state index contributed by atoms with van der Waals surface area (Å²) in [6.07, 6.45) is 2.43. The number of hydrogen-bond donors (Lipinski definition) is 1. The third kappa shape index (κ3) is 6.32.